The molecule has 3 heterocycles. The quantitative estimate of drug-likeness (QED) is 0.276. The zero-order valence-corrected chi connectivity index (χ0v) is 22.3. The molecule has 0 saturated carbocycles. The maximum atomic E-state index is 14.2. The third-order valence-electron chi connectivity index (χ3n) is 7.25. The molecule has 0 bridgehead atoms. The van der Waals surface area contributed by atoms with Gasteiger partial charge < -0.3 is 19.5 Å². The number of benzene rings is 3. The fraction of sp³-hybridized carbons (Fsp3) is 0.156. The van der Waals surface area contributed by atoms with Gasteiger partial charge in [-0.15, -0.1) is 0 Å². The highest BCUT2D eigenvalue weighted by atomic mass is 16.5. The minimum absolute atomic E-state index is 0.291. The molecule has 1 aliphatic heterocycles. The summed E-state index contributed by atoms with van der Waals surface area (Å²) < 4.78 is 9.06. The molecule has 2 aromatic heterocycles. The molecule has 8 heteroatoms. The SMILES string of the molecule is CCc1nn(-c2ccccc2)c2c1CN(C(=O)Nc1ccccc1C(=O)OC)[C@@H](c1ccccc1)c1cccn1-2. The van der Waals surface area contributed by atoms with Crippen molar-refractivity contribution in [3.8, 4) is 11.5 Å². The van der Waals surface area contributed by atoms with Gasteiger partial charge in [0.15, 0.2) is 0 Å². The van der Waals surface area contributed by atoms with E-state index in [-0.39, 0.29) is 6.03 Å². The summed E-state index contributed by atoms with van der Waals surface area (Å²) in [6.45, 7) is 2.39. The minimum atomic E-state index is -0.514. The van der Waals surface area contributed by atoms with Crippen molar-refractivity contribution >= 4 is 17.7 Å². The highest BCUT2D eigenvalue weighted by Crippen LogP contribution is 2.39. The Hall–Kier alpha value is -5.11. The Labute approximate surface area is 232 Å². The highest BCUT2D eigenvalue weighted by molar-refractivity contribution is 6.01. The topological polar surface area (TPSA) is 81.4 Å². The first-order valence-electron chi connectivity index (χ1n) is 13.2. The summed E-state index contributed by atoms with van der Waals surface area (Å²) in [4.78, 5) is 28.5. The van der Waals surface area contributed by atoms with Crippen LogP contribution in [0, 0.1) is 0 Å². The number of nitrogens with one attached hydrogen (secondary N) is 1. The number of urea groups is 1. The monoisotopic (exact) mass is 531 g/mol. The van der Waals surface area contributed by atoms with Gasteiger partial charge in [0, 0.05) is 11.8 Å². The predicted molar refractivity (Wildman–Crippen MR) is 153 cm³/mol. The third-order valence-corrected chi connectivity index (χ3v) is 7.25. The molecule has 6 rings (SSSR count). The number of ether oxygens (including phenoxy) is 1. The second-order valence-electron chi connectivity index (χ2n) is 9.56. The number of methoxy groups -OCH3 is 1. The summed E-state index contributed by atoms with van der Waals surface area (Å²) in [6.07, 6.45) is 2.73. The van der Waals surface area contributed by atoms with E-state index in [0.717, 1.165) is 34.0 Å². The Balaban J connectivity index is 1.53. The lowest BCUT2D eigenvalue weighted by Crippen LogP contribution is -2.38. The van der Waals surface area contributed by atoms with Gasteiger partial charge >= 0.3 is 12.0 Å². The minimum Gasteiger partial charge on any atom is -0.465 e. The molecule has 3 aromatic carbocycles. The van der Waals surface area contributed by atoms with Gasteiger partial charge in [0.1, 0.15) is 5.82 Å². The molecule has 1 atom stereocenters. The summed E-state index contributed by atoms with van der Waals surface area (Å²) in [5.41, 5.74) is 5.42. The van der Waals surface area contributed by atoms with E-state index in [0.29, 0.717) is 24.2 Å². The summed E-state index contributed by atoms with van der Waals surface area (Å²) in [6, 6.07) is 30.2. The number of esters is 1. The van der Waals surface area contributed by atoms with Crippen molar-refractivity contribution in [2.45, 2.75) is 25.9 Å². The summed E-state index contributed by atoms with van der Waals surface area (Å²) in [5, 5.41) is 8.00. The predicted octanol–water partition coefficient (Wildman–Crippen LogP) is 6.15. The lowest BCUT2D eigenvalue weighted by atomic mass is 10.0. The van der Waals surface area contributed by atoms with Crippen LogP contribution in [0.2, 0.25) is 0 Å². The van der Waals surface area contributed by atoms with E-state index in [1.54, 1.807) is 24.3 Å². The molecule has 0 saturated heterocycles. The second kappa shape index (κ2) is 10.6. The lowest BCUT2D eigenvalue weighted by molar-refractivity contribution is 0.0602. The first kappa shape index (κ1) is 25.2. The number of para-hydroxylation sites is 2. The van der Waals surface area contributed by atoms with Gasteiger partial charge in [-0.2, -0.15) is 5.10 Å². The molecule has 0 unspecified atom stereocenters. The van der Waals surface area contributed by atoms with Gasteiger partial charge in [-0.3, -0.25) is 0 Å². The molecule has 200 valence electrons. The summed E-state index contributed by atoms with van der Waals surface area (Å²) in [5.74, 6) is 0.397. The smallest absolute Gasteiger partial charge is 0.339 e. The van der Waals surface area contributed by atoms with Crippen LogP contribution in [0.5, 0.6) is 0 Å². The second-order valence-corrected chi connectivity index (χ2v) is 9.56. The lowest BCUT2D eigenvalue weighted by Gasteiger charge is -2.31. The molecule has 8 nitrogen and oxygen atoms in total. The van der Waals surface area contributed by atoms with Crippen molar-refractivity contribution in [2.24, 2.45) is 0 Å². The Kier molecular flexibility index (Phi) is 6.66. The van der Waals surface area contributed by atoms with Gasteiger partial charge in [0.25, 0.3) is 0 Å². The number of nitrogens with zero attached hydrogens (tertiary/aromatic N) is 4. The molecule has 40 heavy (non-hydrogen) atoms. The average molecular weight is 532 g/mol. The van der Waals surface area contributed by atoms with Gasteiger partial charge in [0.2, 0.25) is 0 Å². The van der Waals surface area contributed by atoms with E-state index >= 15 is 0 Å². The standard InChI is InChI=1S/C32H29N5O3/c1-3-26-25-21-36(32(39)33-27-18-11-10-17-24(27)31(38)40-2)29(22-13-6-4-7-14-22)28-19-12-20-35(28)30(25)37(34-26)23-15-8-5-9-16-23/h4-20,29H,3,21H2,1-2H3,(H,33,39)/t29-/m0/s1. The number of aryl methyl sites for hydroxylation is 1. The normalized spacial score (nSPS) is 14.2. The molecule has 0 spiro atoms. The molecule has 1 N–H and O–H groups in total. The highest BCUT2D eigenvalue weighted by Gasteiger charge is 2.36. The van der Waals surface area contributed by atoms with Crippen LogP contribution in [0.3, 0.4) is 0 Å². The largest absolute Gasteiger partial charge is 0.465 e. The molecular formula is C32H29N5O3. The fourth-order valence-electron chi connectivity index (χ4n) is 5.40. The zero-order chi connectivity index (χ0) is 27.6. The van der Waals surface area contributed by atoms with E-state index in [1.807, 2.05) is 88.6 Å². The van der Waals surface area contributed by atoms with Crippen molar-refractivity contribution in [1.82, 2.24) is 19.2 Å². The first-order chi connectivity index (χ1) is 19.6. The fourth-order valence-corrected chi connectivity index (χ4v) is 5.40. The van der Waals surface area contributed by atoms with Gasteiger partial charge in [0.05, 0.1) is 48.0 Å². The van der Waals surface area contributed by atoms with E-state index in [1.165, 1.54) is 7.11 Å². The van der Waals surface area contributed by atoms with Crippen molar-refractivity contribution in [3.63, 3.8) is 0 Å². The number of amides is 2. The van der Waals surface area contributed by atoms with Crippen LogP contribution in [-0.2, 0) is 17.7 Å². The molecule has 0 radical (unpaired) electrons. The van der Waals surface area contributed by atoms with Crippen molar-refractivity contribution < 1.29 is 14.3 Å². The van der Waals surface area contributed by atoms with Gasteiger partial charge in [-0.1, -0.05) is 67.6 Å². The van der Waals surface area contributed by atoms with E-state index in [9.17, 15) is 9.59 Å². The number of carbonyl (C=O) groups is 2. The number of hydrogen-bond donors (Lipinski definition) is 1. The van der Waals surface area contributed by atoms with E-state index < -0.39 is 12.0 Å². The molecule has 0 aliphatic carbocycles. The van der Waals surface area contributed by atoms with Crippen LogP contribution in [0.25, 0.3) is 11.5 Å². The number of anilines is 1. The Morgan fingerprint density at radius 2 is 1.62 bits per heavy atom. The van der Waals surface area contributed by atoms with Gasteiger partial charge in [-0.25, -0.2) is 14.3 Å². The van der Waals surface area contributed by atoms with E-state index in [2.05, 4.69) is 16.8 Å². The van der Waals surface area contributed by atoms with Crippen molar-refractivity contribution in [2.75, 3.05) is 12.4 Å². The number of carbonyl (C=O) groups excluding carboxylic acids is 2. The van der Waals surface area contributed by atoms with Crippen LogP contribution in [0.15, 0.2) is 103 Å². The molecule has 0 fully saturated rings. The van der Waals surface area contributed by atoms with Crippen LogP contribution in [0.4, 0.5) is 10.5 Å². The van der Waals surface area contributed by atoms with Crippen LogP contribution in [-0.4, -0.2) is 38.4 Å². The number of rotatable bonds is 5. The van der Waals surface area contributed by atoms with E-state index in [4.69, 9.17) is 9.84 Å². The maximum absolute atomic E-state index is 14.2. The summed E-state index contributed by atoms with van der Waals surface area (Å²) in [7, 11) is 1.33. The van der Waals surface area contributed by atoms with Crippen molar-refractivity contribution in [1.29, 1.82) is 0 Å². The summed E-state index contributed by atoms with van der Waals surface area (Å²) >= 11 is 0. The first-order valence-corrected chi connectivity index (χ1v) is 13.2. The molecule has 2 amide bonds. The van der Waals surface area contributed by atoms with Crippen LogP contribution in [0.1, 0.15) is 45.8 Å². The molecule has 1 aliphatic rings. The number of hydrogen-bond acceptors (Lipinski definition) is 4. The third kappa shape index (κ3) is 4.33. The maximum Gasteiger partial charge on any atom is 0.339 e. The number of aromatic nitrogens is 3. The van der Waals surface area contributed by atoms with Crippen molar-refractivity contribution in [3.05, 3.63) is 131 Å². The Bertz CT molecular complexity index is 1670. The van der Waals surface area contributed by atoms with Crippen LogP contribution >= 0.6 is 0 Å². The van der Waals surface area contributed by atoms with Gasteiger partial charge in [-0.05, 0) is 48.4 Å². The zero-order valence-electron chi connectivity index (χ0n) is 22.3. The average Bonchev–Trinajstić information content (AvgIpc) is 3.59. The Morgan fingerprint density at radius 3 is 2.35 bits per heavy atom. The number of fused-ring (bicyclic) bond motifs is 3. The Morgan fingerprint density at radius 1 is 0.925 bits per heavy atom. The van der Waals surface area contributed by atoms with Crippen LogP contribution < -0.4 is 5.32 Å². The molecule has 5 aromatic rings. The molecular weight excluding hydrogens is 502 g/mol.